The number of para-hydroxylation sites is 1. The predicted molar refractivity (Wildman–Crippen MR) is 56.6 cm³/mol. The standard InChI is InChI=1S/C11H10N2O2/c1-8-10(7-14)11(15)13(12-8)9-5-3-2-4-6-9/h2-7,10H,1H3/t10-/m1/s1. The van der Waals surface area contributed by atoms with Crippen molar-refractivity contribution in [1.82, 2.24) is 0 Å². The molecular formula is C11H10N2O2. The van der Waals surface area contributed by atoms with Gasteiger partial charge in [0.2, 0.25) is 0 Å². The van der Waals surface area contributed by atoms with Crippen LogP contribution in [0.25, 0.3) is 0 Å². The lowest BCUT2D eigenvalue weighted by Gasteiger charge is -2.11. The highest BCUT2D eigenvalue weighted by molar-refractivity contribution is 6.22. The molecule has 0 N–H and O–H groups in total. The quantitative estimate of drug-likeness (QED) is 0.535. The Labute approximate surface area is 87.2 Å². The zero-order valence-electron chi connectivity index (χ0n) is 8.25. The molecule has 15 heavy (non-hydrogen) atoms. The molecule has 4 nitrogen and oxygen atoms in total. The van der Waals surface area contributed by atoms with E-state index in [9.17, 15) is 9.59 Å². The average molecular weight is 202 g/mol. The first-order chi connectivity index (χ1) is 7.24. The summed E-state index contributed by atoms with van der Waals surface area (Å²) in [6.45, 7) is 1.68. The minimum absolute atomic E-state index is 0.284. The van der Waals surface area contributed by atoms with Gasteiger partial charge in [-0.15, -0.1) is 0 Å². The van der Waals surface area contributed by atoms with E-state index in [0.717, 1.165) is 0 Å². The maximum atomic E-state index is 11.7. The SMILES string of the molecule is CC1=NN(c2ccccc2)C(=O)[C@@H]1C=O. The van der Waals surface area contributed by atoms with E-state index in [-0.39, 0.29) is 5.91 Å². The number of amides is 1. The van der Waals surface area contributed by atoms with Crippen LogP contribution in [0.5, 0.6) is 0 Å². The smallest absolute Gasteiger partial charge is 0.263 e. The van der Waals surface area contributed by atoms with E-state index in [1.807, 2.05) is 18.2 Å². The van der Waals surface area contributed by atoms with Gasteiger partial charge in [0, 0.05) is 0 Å². The molecule has 0 aliphatic carbocycles. The minimum atomic E-state index is -0.717. The molecule has 1 aromatic carbocycles. The molecular weight excluding hydrogens is 192 g/mol. The normalized spacial score (nSPS) is 20.3. The fourth-order valence-electron chi connectivity index (χ4n) is 1.49. The summed E-state index contributed by atoms with van der Waals surface area (Å²) in [5.41, 5.74) is 1.23. The summed E-state index contributed by atoms with van der Waals surface area (Å²) in [5, 5.41) is 5.33. The number of aldehydes is 1. The van der Waals surface area contributed by atoms with Crippen LogP contribution in [0.15, 0.2) is 35.4 Å². The van der Waals surface area contributed by atoms with Gasteiger partial charge in [0.25, 0.3) is 5.91 Å². The van der Waals surface area contributed by atoms with Crippen LogP contribution in [-0.4, -0.2) is 17.9 Å². The van der Waals surface area contributed by atoms with Crippen LogP contribution in [0.3, 0.4) is 0 Å². The van der Waals surface area contributed by atoms with Crippen molar-refractivity contribution in [2.24, 2.45) is 11.0 Å². The Morgan fingerprint density at radius 3 is 2.53 bits per heavy atom. The first-order valence-corrected chi connectivity index (χ1v) is 4.63. The van der Waals surface area contributed by atoms with Crippen molar-refractivity contribution >= 4 is 23.6 Å². The van der Waals surface area contributed by atoms with Gasteiger partial charge in [0.15, 0.2) is 0 Å². The molecule has 0 saturated heterocycles. The number of hydrazone groups is 1. The van der Waals surface area contributed by atoms with E-state index in [0.29, 0.717) is 17.7 Å². The molecule has 0 unspecified atom stereocenters. The summed E-state index contributed by atoms with van der Waals surface area (Å²) in [7, 11) is 0. The molecule has 1 atom stereocenters. The number of nitrogens with zero attached hydrogens (tertiary/aromatic N) is 2. The van der Waals surface area contributed by atoms with E-state index in [4.69, 9.17) is 0 Å². The van der Waals surface area contributed by atoms with E-state index in [1.54, 1.807) is 19.1 Å². The maximum absolute atomic E-state index is 11.7. The second-order valence-corrected chi connectivity index (χ2v) is 3.34. The van der Waals surface area contributed by atoms with Gasteiger partial charge in [-0.1, -0.05) is 18.2 Å². The molecule has 0 spiro atoms. The monoisotopic (exact) mass is 202 g/mol. The Bertz CT molecular complexity index is 425. The third-order valence-electron chi connectivity index (χ3n) is 2.32. The van der Waals surface area contributed by atoms with E-state index < -0.39 is 5.92 Å². The molecule has 0 aromatic heterocycles. The Morgan fingerprint density at radius 2 is 2.00 bits per heavy atom. The second-order valence-electron chi connectivity index (χ2n) is 3.34. The van der Waals surface area contributed by atoms with Crippen molar-refractivity contribution in [1.29, 1.82) is 0 Å². The number of benzene rings is 1. The van der Waals surface area contributed by atoms with Crippen molar-refractivity contribution in [3.05, 3.63) is 30.3 Å². The van der Waals surface area contributed by atoms with Crippen molar-refractivity contribution in [2.45, 2.75) is 6.92 Å². The number of anilines is 1. The van der Waals surface area contributed by atoms with Gasteiger partial charge in [0.05, 0.1) is 11.4 Å². The molecule has 0 bridgehead atoms. The summed E-state index contributed by atoms with van der Waals surface area (Å²) >= 11 is 0. The highest BCUT2D eigenvalue weighted by Gasteiger charge is 2.33. The predicted octanol–water partition coefficient (Wildman–Crippen LogP) is 1.22. The number of carbonyl (C=O) groups excluding carboxylic acids is 2. The molecule has 0 radical (unpaired) electrons. The van der Waals surface area contributed by atoms with Gasteiger partial charge in [-0.05, 0) is 19.1 Å². The molecule has 0 fully saturated rings. The Hall–Kier alpha value is -1.97. The zero-order chi connectivity index (χ0) is 10.8. The summed E-state index contributed by atoms with van der Waals surface area (Å²) in [6, 6.07) is 9.06. The number of rotatable bonds is 2. The summed E-state index contributed by atoms with van der Waals surface area (Å²) in [6.07, 6.45) is 0.629. The van der Waals surface area contributed by atoms with Gasteiger partial charge >= 0.3 is 0 Å². The fourth-order valence-corrected chi connectivity index (χ4v) is 1.49. The van der Waals surface area contributed by atoms with Gasteiger partial charge in [-0.2, -0.15) is 10.1 Å². The number of hydrogen-bond acceptors (Lipinski definition) is 3. The lowest BCUT2D eigenvalue weighted by molar-refractivity contribution is -0.123. The van der Waals surface area contributed by atoms with Crippen LogP contribution >= 0.6 is 0 Å². The molecule has 4 heteroatoms. The second kappa shape index (κ2) is 3.65. The van der Waals surface area contributed by atoms with Gasteiger partial charge in [-0.3, -0.25) is 4.79 Å². The number of carbonyl (C=O) groups is 2. The largest absolute Gasteiger partial charge is 0.302 e. The van der Waals surface area contributed by atoms with Crippen molar-refractivity contribution in [3.8, 4) is 0 Å². The topological polar surface area (TPSA) is 49.7 Å². The average Bonchev–Trinajstić information content (AvgIpc) is 2.55. The van der Waals surface area contributed by atoms with Crippen LogP contribution in [0.1, 0.15) is 6.92 Å². The Kier molecular flexibility index (Phi) is 2.33. The lowest BCUT2D eigenvalue weighted by atomic mass is 10.1. The molecule has 0 saturated carbocycles. The molecule has 1 aliphatic heterocycles. The molecule has 1 aromatic rings. The van der Waals surface area contributed by atoms with Crippen LogP contribution in [0, 0.1) is 5.92 Å². The minimum Gasteiger partial charge on any atom is -0.302 e. The Morgan fingerprint density at radius 1 is 1.33 bits per heavy atom. The van der Waals surface area contributed by atoms with Crippen LogP contribution in [0.2, 0.25) is 0 Å². The molecule has 1 aliphatic rings. The van der Waals surface area contributed by atoms with Crippen molar-refractivity contribution < 1.29 is 9.59 Å². The van der Waals surface area contributed by atoms with E-state index in [2.05, 4.69) is 5.10 Å². The summed E-state index contributed by atoms with van der Waals surface area (Å²) < 4.78 is 0. The Balaban J connectivity index is 2.35. The molecule has 2 rings (SSSR count). The van der Waals surface area contributed by atoms with Gasteiger partial charge in [-0.25, -0.2) is 0 Å². The molecule has 1 amide bonds. The van der Waals surface area contributed by atoms with Gasteiger partial charge in [0.1, 0.15) is 12.2 Å². The number of hydrogen-bond donors (Lipinski definition) is 0. The van der Waals surface area contributed by atoms with Crippen molar-refractivity contribution in [2.75, 3.05) is 5.01 Å². The first-order valence-electron chi connectivity index (χ1n) is 4.63. The van der Waals surface area contributed by atoms with Crippen LogP contribution < -0.4 is 5.01 Å². The summed E-state index contributed by atoms with van der Waals surface area (Å²) in [4.78, 5) is 22.4. The van der Waals surface area contributed by atoms with Crippen LogP contribution in [0.4, 0.5) is 5.69 Å². The van der Waals surface area contributed by atoms with E-state index in [1.165, 1.54) is 5.01 Å². The molecule has 76 valence electrons. The molecule has 1 heterocycles. The third kappa shape index (κ3) is 1.54. The lowest BCUT2D eigenvalue weighted by Crippen LogP contribution is -2.27. The van der Waals surface area contributed by atoms with Crippen LogP contribution in [-0.2, 0) is 9.59 Å². The highest BCUT2D eigenvalue weighted by Crippen LogP contribution is 2.22. The zero-order valence-corrected chi connectivity index (χ0v) is 8.25. The first kappa shape index (κ1) is 9.58. The summed E-state index contributed by atoms with van der Waals surface area (Å²) in [5.74, 6) is -1.00. The van der Waals surface area contributed by atoms with Crippen molar-refractivity contribution in [3.63, 3.8) is 0 Å². The van der Waals surface area contributed by atoms with E-state index >= 15 is 0 Å². The van der Waals surface area contributed by atoms with Gasteiger partial charge < -0.3 is 4.79 Å². The highest BCUT2D eigenvalue weighted by atomic mass is 16.2. The third-order valence-corrected chi connectivity index (χ3v) is 2.32. The fraction of sp³-hybridized carbons (Fsp3) is 0.182. The maximum Gasteiger partial charge on any atom is 0.263 e.